The van der Waals surface area contributed by atoms with Gasteiger partial charge in [0.05, 0.1) is 6.54 Å². The Bertz CT molecular complexity index is 603. The number of halogens is 3. The van der Waals surface area contributed by atoms with Gasteiger partial charge < -0.3 is 15.5 Å². The number of nitrogens with zero attached hydrogens (tertiary/aromatic N) is 4. The monoisotopic (exact) mass is 388 g/mol. The van der Waals surface area contributed by atoms with Crippen LogP contribution in [0.2, 0.25) is 0 Å². The second kappa shape index (κ2) is 9.96. The highest BCUT2D eigenvalue weighted by Gasteiger charge is 2.36. The predicted octanol–water partition coefficient (Wildman–Crippen LogP) is 2.76. The Morgan fingerprint density at radius 3 is 2.59 bits per heavy atom. The fourth-order valence-electron chi connectivity index (χ4n) is 3.25. The Morgan fingerprint density at radius 2 is 2.00 bits per heavy atom. The van der Waals surface area contributed by atoms with Gasteiger partial charge in [-0.05, 0) is 32.7 Å². The summed E-state index contributed by atoms with van der Waals surface area (Å²) in [6.07, 6.45) is 1.34. The van der Waals surface area contributed by atoms with E-state index in [2.05, 4.69) is 32.5 Å². The number of aryl methyl sites for hydroxylation is 1. The van der Waals surface area contributed by atoms with Crippen LogP contribution in [0.5, 0.6) is 0 Å². The summed E-state index contributed by atoms with van der Waals surface area (Å²) < 4.78 is 40.4. The van der Waals surface area contributed by atoms with Gasteiger partial charge >= 0.3 is 6.18 Å². The van der Waals surface area contributed by atoms with Crippen molar-refractivity contribution in [3.63, 3.8) is 0 Å². The molecule has 1 aliphatic rings. The molecule has 0 bridgehead atoms. The first kappa shape index (κ1) is 21.5. The molecule has 1 aromatic heterocycles. The van der Waals surface area contributed by atoms with Gasteiger partial charge in [0.1, 0.15) is 0 Å². The average molecular weight is 388 g/mol. The first-order valence-electron chi connectivity index (χ1n) is 9.70. The van der Waals surface area contributed by atoms with Crippen molar-refractivity contribution < 1.29 is 13.2 Å². The van der Waals surface area contributed by atoms with Crippen molar-refractivity contribution in [3.05, 3.63) is 17.5 Å². The van der Waals surface area contributed by atoms with Crippen LogP contribution in [0.15, 0.2) is 11.2 Å². The molecule has 2 heterocycles. The van der Waals surface area contributed by atoms with E-state index < -0.39 is 11.9 Å². The minimum Gasteiger partial charge on any atom is -0.357 e. The van der Waals surface area contributed by atoms with Gasteiger partial charge in [0, 0.05) is 44.5 Å². The molecule has 0 amide bonds. The van der Waals surface area contributed by atoms with Crippen LogP contribution < -0.4 is 10.6 Å². The number of aromatic nitrogens is 2. The molecule has 0 unspecified atom stereocenters. The summed E-state index contributed by atoms with van der Waals surface area (Å²) >= 11 is 0. The van der Waals surface area contributed by atoms with E-state index in [1.165, 1.54) is 30.8 Å². The molecule has 0 radical (unpaired) electrons. The smallest absolute Gasteiger partial charge is 0.357 e. The van der Waals surface area contributed by atoms with E-state index in [4.69, 9.17) is 0 Å². The summed E-state index contributed by atoms with van der Waals surface area (Å²) in [5, 5.41) is 10.0. The van der Waals surface area contributed by atoms with Gasteiger partial charge in [0.15, 0.2) is 11.7 Å². The summed E-state index contributed by atoms with van der Waals surface area (Å²) in [6.45, 7) is 7.94. The van der Waals surface area contributed by atoms with Crippen molar-refractivity contribution in [1.82, 2.24) is 25.3 Å². The zero-order valence-electron chi connectivity index (χ0n) is 16.4. The molecule has 1 aliphatic heterocycles. The minimum atomic E-state index is -4.47. The highest BCUT2D eigenvalue weighted by Crippen LogP contribution is 2.30. The molecule has 2 rings (SSSR count). The second-order valence-corrected chi connectivity index (χ2v) is 6.98. The number of hydrogen-bond acceptors (Lipinski definition) is 3. The van der Waals surface area contributed by atoms with E-state index in [0.717, 1.165) is 32.5 Å². The number of aliphatic imine (C=N–C) groups is 1. The van der Waals surface area contributed by atoms with E-state index in [0.29, 0.717) is 12.5 Å². The zero-order valence-corrected chi connectivity index (χ0v) is 16.4. The fraction of sp³-hybridized carbons (Fsp3) is 0.778. The molecular formula is C18H31F3N6. The van der Waals surface area contributed by atoms with Crippen LogP contribution in [0.1, 0.15) is 50.8 Å². The van der Waals surface area contributed by atoms with Crippen LogP contribution in [0.3, 0.4) is 0 Å². The summed E-state index contributed by atoms with van der Waals surface area (Å²) in [4.78, 5) is 6.83. The molecule has 1 saturated heterocycles. The molecule has 9 heteroatoms. The normalized spacial score (nSPS) is 17.3. The number of guanidine groups is 1. The molecule has 27 heavy (non-hydrogen) atoms. The third-order valence-corrected chi connectivity index (χ3v) is 4.68. The molecule has 0 spiro atoms. The van der Waals surface area contributed by atoms with E-state index in [1.54, 1.807) is 0 Å². The average Bonchev–Trinajstić information content (AvgIpc) is 3.00. The summed E-state index contributed by atoms with van der Waals surface area (Å²) in [7, 11) is 1.48. The van der Waals surface area contributed by atoms with E-state index >= 15 is 0 Å². The predicted molar refractivity (Wildman–Crippen MR) is 101 cm³/mol. The van der Waals surface area contributed by atoms with Crippen LogP contribution in [-0.4, -0.2) is 52.9 Å². The lowest BCUT2D eigenvalue weighted by molar-refractivity contribution is -0.142. The molecular weight excluding hydrogens is 357 g/mol. The molecule has 154 valence electrons. The highest BCUT2D eigenvalue weighted by atomic mass is 19.4. The largest absolute Gasteiger partial charge is 0.435 e. The number of piperidine rings is 1. The molecule has 2 N–H and O–H groups in total. The van der Waals surface area contributed by atoms with Gasteiger partial charge in [0.25, 0.3) is 0 Å². The molecule has 0 aliphatic carbocycles. The molecule has 1 aromatic rings. The standard InChI is InChI=1S/C18H31F3N6/c1-4-6-9-27-10-7-15(8-11-27)24-17(22-5-2)23-12-14-13-26(3)25-16(14)18(19,20)21/h13,15H,4-12H2,1-3H3,(H2,22,23,24). The Kier molecular flexibility index (Phi) is 7.94. The Labute approximate surface area is 159 Å². The first-order valence-corrected chi connectivity index (χ1v) is 9.70. The molecule has 0 aromatic carbocycles. The number of likely N-dealkylation sites (tertiary alicyclic amines) is 1. The molecule has 0 atom stereocenters. The van der Waals surface area contributed by atoms with Crippen LogP contribution in [0, 0.1) is 0 Å². The Hall–Kier alpha value is -1.77. The first-order chi connectivity index (χ1) is 12.8. The minimum absolute atomic E-state index is 0.0621. The summed E-state index contributed by atoms with van der Waals surface area (Å²) in [5.41, 5.74) is -0.787. The Balaban J connectivity index is 1.96. The molecule has 0 saturated carbocycles. The molecule has 1 fully saturated rings. The lowest BCUT2D eigenvalue weighted by Gasteiger charge is -2.33. The van der Waals surface area contributed by atoms with Crippen molar-refractivity contribution in [1.29, 1.82) is 0 Å². The lowest BCUT2D eigenvalue weighted by atomic mass is 10.0. The maximum atomic E-state index is 13.1. The van der Waals surface area contributed by atoms with Gasteiger partial charge in [0.2, 0.25) is 0 Å². The van der Waals surface area contributed by atoms with Gasteiger partial charge in [-0.15, -0.1) is 0 Å². The SMILES string of the molecule is CCCCN1CCC(NC(=NCc2cn(C)nc2C(F)(F)F)NCC)CC1. The third-order valence-electron chi connectivity index (χ3n) is 4.68. The number of unbranched alkanes of at least 4 members (excludes halogenated alkanes) is 1. The Morgan fingerprint density at radius 1 is 1.30 bits per heavy atom. The van der Waals surface area contributed by atoms with E-state index in [-0.39, 0.29) is 18.2 Å². The van der Waals surface area contributed by atoms with Gasteiger partial charge in [-0.2, -0.15) is 18.3 Å². The van der Waals surface area contributed by atoms with Crippen molar-refractivity contribution in [2.45, 2.75) is 58.3 Å². The second-order valence-electron chi connectivity index (χ2n) is 6.98. The topological polar surface area (TPSA) is 57.5 Å². The summed E-state index contributed by atoms with van der Waals surface area (Å²) in [6, 6.07) is 0.289. The van der Waals surface area contributed by atoms with E-state index in [9.17, 15) is 13.2 Å². The van der Waals surface area contributed by atoms with Gasteiger partial charge in [-0.1, -0.05) is 13.3 Å². The van der Waals surface area contributed by atoms with Crippen molar-refractivity contribution in [3.8, 4) is 0 Å². The van der Waals surface area contributed by atoms with Gasteiger partial charge in [-0.25, -0.2) is 4.99 Å². The van der Waals surface area contributed by atoms with Crippen molar-refractivity contribution in [2.24, 2.45) is 12.0 Å². The van der Waals surface area contributed by atoms with Crippen LogP contribution in [0.25, 0.3) is 0 Å². The van der Waals surface area contributed by atoms with Gasteiger partial charge in [-0.3, -0.25) is 4.68 Å². The quantitative estimate of drug-likeness (QED) is 0.557. The van der Waals surface area contributed by atoms with Crippen LogP contribution >= 0.6 is 0 Å². The molecule has 6 nitrogen and oxygen atoms in total. The van der Waals surface area contributed by atoms with Crippen molar-refractivity contribution >= 4 is 5.96 Å². The number of nitrogens with one attached hydrogen (secondary N) is 2. The summed E-state index contributed by atoms with van der Waals surface area (Å²) in [5.74, 6) is 0.557. The number of hydrogen-bond donors (Lipinski definition) is 2. The van der Waals surface area contributed by atoms with E-state index in [1.807, 2.05) is 6.92 Å². The number of alkyl halides is 3. The third kappa shape index (κ3) is 6.71. The van der Waals surface area contributed by atoms with Crippen LogP contribution in [-0.2, 0) is 19.8 Å². The lowest BCUT2D eigenvalue weighted by Crippen LogP contribution is -2.48. The zero-order chi connectivity index (χ0) is 19.9. The van der Waals surface area contributed by atoms with Crippen LogP contribution in [0.4, 0.5) is 13.2 Å². The number of rotatable bonds is 7. The highest BCUT2D eigenvalue weighted by molar-refractivity contribution is 5.80. The van der Waals surface area contributed by atoms with Crippen molar-refractivity contribution in [2.75, 3.05) is 26.2 Å². The maximum absolute atomic E-state index is 13.1. The maximum Gasteiger partial charge on any atom is 0.435 e. The fourth-order valence-corrected chi connectivity index (χ4v) is 3.25.